The Hall–Kier alpha value is -4.08. The summed E-state index contributed by atoms with van der Waals surface area (Å²) in [6, 6.07) is 8.23. The van der Waals surface area contributed by atoms with E-state index in [1.165, 1.54) is 10.9 Å². The van der Waals surface area contributed by atoms with Crippen molar-refractivity contribution in [2.75, 3.05) is 7.11 Å². The van der Waals surface area contributed by atoms with Gasteiger partial charge in [0.2, 0.25) is 5.82 Å². The highest BCUT2D eigenvalue weighted by atomic mass is 19.1. The van der Waals surface area contributed by atoms with Crippen LogP contribution in [0.4, 0.5) is 4.39 Å². The molecule has 0 bridgehead atoms. The van der Waals surface area contributed by atoms with Crippen LogP contribution in [0, 0.1) is 5.82 Å². The Bertz CT molecular complexity index is 1330. The molecule has 0 spiro atoms. The number of carboxylic acids is 1. The van der Waals surface area contributed by atoms with E-state index in [-0.39, 0.29) is 5.69 Å². The lowest BCUT2D eigenvalue weighted by atomic mass is 9.92. The standard InChI is InChI=1S/C21H17FN6O3/c1-27-25-20(24-26-27)15-8-13-11(7-18(15)31-2)5-6-28-17(21(29)30)9-14(19(13)28)16-4-3-12(22)10-23-16/h3-4,7-10H,5-6H2,1-2H3,(H,29,30). The molecule has 0 radical (unpaired) electrons. The molecule has 3 aromatic heterocycles. The molecule has 0 fully saturated rings. The third kappa shape index (κ3) is 3.03. The summed E-state index contributed by atoms with van der Waals surface area (Å²) in [7, 11) is 3.24. The minimum Gasteiger partial charge on any atom is -0.496 e. The van der Waals surface area contributed by atoms with E-state index in [1.54, 1.807) is 30.9 Å². The number of aryl methyl sites for hydroxylation is 2. The van der Waals surface area contributed by atoms with E-state index in [1.807, 2.05) is 12.1 Å². The number of fused-ring (bicyclic) bond motifs is 3. The normalized spacial score (nSPS) is 12.4. The Kier molecular flexibility index (Phi) is 4.28. The van der Waals surface area contributed by atoms with Crippen LogP contribution < -0.4 is 4.74 Å². The molecule has 156 valence electrons. The van der Waals surface area contributed by atoms with Crippen LogP contribution in [0.15, 0.2) is 36.5 Å². The van der Waals surface area contributed by atoms with Gasteiger partial charge in [0, 0.05) is 17.7 Å². The zero-order chi connectivity index (χ0) is 21.7. The number of methoxy groups -OCH3 is 1. The fourth-order valence-electron chi connectivity index (χ4n) is 4.00. The second kappa shape index (κ2) is 7.01. The molecule has 0 saturated carbocycles. The van der Waals surface area contributed by atoms with Crippen molar-refractivity contribution in [3.63, 3.8) is 0 Å². The highest BCUT2D eigenvalue weighted by Crippen LogP contribution is 2.43. The van der Waals surface area contributed by atoms with Crippen molar-refractivity contribution in [3.8, 4) is 39.7 Å². The second-order valence-corrected chi connectivity index (χ2v) is 7.17. The Morgan fingerprint density at radius 1 is 1.19 bits per heavy atom. The van der Waals surface area contributed by atoms with Gasteiger partial charge in [-0.1, -0.05) is 0 Å². The molecule has 0 atom stereocenters. The highest BCUT2D eigenvalue weighted by molar-refractivity contribution is 5.94. The first kappa shape index (κ1) is 18.9. The van der Waals surface area contributed by atoms with E-state index in [0.717, 1.165) is 17.3 Å². The molecule has 0 aliphatic carbocycles. The zero-order valence-corrected chi connectivity index (χ0v) is 16.7. The summed E-state index contributed by atoms with van der Waals surface area (Å²) >= 11 is 0. The molecule has 4 aromatic rings. The van der Waals surface area contributed by atoms with Crippen molar-refractivity contribution in [2.24, 2.45) is 7.05 Å². The van der Waals surface area contributed by atoms with Gasteiger partial charge in [0.25, 0.3) is 0 Å². The smallest absolute Gasteiger partial charge is 0.352 e. The summed E-state index contributed by atoms with van der Waals surface area (Å²) in [5.74, 6) is -0.503. The van der Waals surface area contributed by atoms with E-state index in [9.17, 15) is 14.3 Å². The van der Waals surface area contributed by atoms with Crippen LogP contribution in [0.3, 0.4) is 0 Å². The molecular formula is C21H17FN6O3. The van der Waals surface area contributed by atoms with Crippen LogP contribution in [0.25, 0.3) is 33.9 Å². The maximum Gasteiger partial charge on any atom is 0.352 e. The predicted molar refractivity (Wildman–Crippen MR) is 108 cm³/mol. The zero-order valence-electron chi connectivity index (χ0n) is 16.7. The first-order chi connectivity index (χ1) is 15.0. The van der Waals surface area contributed by atoms with Crippen molar-refractivity contribution >= 4 is 5.97 Å². The monoisotopic (exact) mass is 420 g/mol. The first-order valence-corrected chi connectivity index (χ1v) is 9.50. The van der Waals surface area contributed by atoms with Crippen LogP contribution >= 0.6 is 0 Å². The van der Waals surface area contributed by atoms with Gasteiger partial charge in [-0.15, -0.1) is 10.2 Å². The number of hydrogen-bond donors (Lipinski definition) is 1. The van der Waals surface area contributed by atoms with Crippen LogP contribution in [0.2, 0.25) is 0 Å². The van der Waals surface area contributed by atoms with Gasteiger partial charge in [0.1, 0.15) is 17.3 Å². The molecule has 10 heteroatoms. The van der Waals surface area contributed by atoms with Crippen LogP contribution in [-0.4, -0.2) is 47.9 Å². The van der Waals surface area contributed by atoms with E-state index in [2.05, 4.69) is 20.4 Å². The Morgan fingerprint density at radius 3 is 2.68 bits per heavy atom. The van der Waals surface area contributed by atoms with Gasteiger partial charge < -0.3 is 14.4 Å². The summed E-state index contributed by atoms with van der Waals surface area (Å²) < 4.78 is 20.8. The Morgan fingerprint density at radius 2 is 2.03 bits per heavy atom. The van der Waals surface area contributed by atoms with Gasteiger partial charge in [0.15, 0.2) is 0 Å². The molecule has 1 N–H and O–H groups in total. The van der Waals surface area contributed by atoms with E-state index in [4.69, 9.17) is 4.74 Å². The van der Waals surface area contributed by atoms with E-state index < -0.39 is 11.8 Å². The number of aromatic nitrogens is 6. The molecule has 5 rings (SSSR count). The molecular weight excluding hydrogens is 403 g/mol. The number of pyridine rings is 1. The molecule has 0 amide bonds. The average Bonchev–Trinajstić information content (AvgIpc) is 3.37. The summed E-state index contributed by atoms with van der Waals surface area (Å²) in [5.41, 5.74) is 4.40. The maximum atomic E-state index is 13.4. The highest BCUT2D eigenvalue weighted by Gasteiger charge is 2.29. The number of rotatable bonds is 4. The van der Waals surface area contributed by atoms with Crippen LogP contribution in [0.5, 0.6) is 5.75 Å². The number of halogens is 1. The second-order valence-electron chi connectivity index (χ2n) is 7.17. The maximum absolute atomic E-state index is 13.4. The quantitative estimate of drug-likeness (QED) is 0.541. The molecule has 4 heterocycles. The number of carbonyl (C=O) groups is 1. The number of ether oxygens (including phenoxy) is 1. The Labute approximate surface area is 175 Å². The van der Waals surface area contributed by atoms with Gasteiger partial charge in [-0.3, -0.25) is 4.98 Å². The average molecular weight is 420 g/mol. The fraction of sp³-hybridized carbons (Fsp3) is 0.190. The summed E-state index contributed by atoms with van der Waals surface area (Å²) in [6.45, 7) is 0.483. The number of carboxylic acid groups (broad SMARTS) is 1. The number of hydrogen-bond acceptors (Lipinski definition) is 6. The predicted octanol–water partition coefficient (Wildman–Crippen LogP) is 2.81. The number of tetrazole rings is 1. The van der Waals surface area contributed by atoms with Gasteiger partial charge in [0.05, 0.1) is 37.3 Å². The van der Waals surface area contributed by atoms with E-state index in [0.29, 0.717) is 47.1 Å². The van der Waals surface area contributed by atoms with E-state index >= 15 is 0 Å². The van der Waals surface area contributed by atoms with Gasteiger partial charge in [-0.25, -0.2) is 9.18 Å². The Balaban J connectivity index is 1.79. The van der Waals surface area contributed by atoms with Crippen molar-refractivity contribution in [2.45, 2.75) is 13.0 Å². The molecule has 1 aliphatic rings. The molecule has 0 saturated heterocycles. The number of nitrogens with zero attached hydrogens (tertiary/aromatic N) is 6. The molecule has 0 unspecified atom stereocenters. The fourth-order valence-corrected chi connectivity index (χ4v) is 4.00. The topological polar surface area (TPSA) is 108 Å². The molecule has 9 nitrogen and oxygen atoms in total. The third-order valence-corrected chi connectivity index (χ3v) is 5.35. The largest absolute Gasteiger partial charge is 0.496 e. The lowest BCUT2D eigenvalue weighted by molar-refractivity contribution is 0.0685. The number of benzene rings is 1. The summed E-state index contributed by atoms with van der Waals surface area (Å²) in [4.78, 5) is 17.5. The third-order valence-electron chi connectivity index (χ3n) is 5.35. The van der Waals surface area contributed by atoms with Gasteiger partial charge >= 0.3 is 5.97 Å². The van der Waals surface area contributed by atoms with Crippen molar-refractivity contribution < 1.29 is 19.0 Å². The van der Waals surface area contributed by atoms with Crippen molar-refractivity contribution in [3.05, 3.63) is 53.6 Å². The van der Waals surface area contributed by atoms with Crippen molar-refractivity contribution in [1.29, 1.82) is 0 Å². The van der Waals surface area contributed by atoms with Crippen LogP contribution in [-0.2, 0) is 20.0 Å². The minimum absolute atomic E-state index is 0.150. The first-order valence-electron chi connectivity index (χ1n) is 9.50. The minimum atomic E-state index is -1.04. The molecule has 1 aromatic carbocycles. The summed E-state index contributed by atoms with van der Waals surface area (Å²) in [5, 5.41) is 22.0. The van der Waals surface area contributed by atoms with Crippen LogP contribution in [0.1, 0.15) is 16.1 Å². The summed E-state index contributed by atoms with van der Waals surface area (Å²) in [6.07, 6.45) is 1.74. The van der Waals surface area contributed by atoms with Gasteiger partial charge in [-0.05, 0) is 47.5 Å². The van der Waals surface area contributed by atoms with Crippen molar-refractivity contribution in [1.82, 2.24) is 29.8 Å². The lowest BCUT2D eigenvalue weighted by Crippen LogP contribution is -2.16. The molecule has 1 aliphatic heterocycles. The number of aromatic carboxylic acids is 1. The SMILES string of the molecule is COc1cc2c(cc1-c1nnn(C)n1)-c1c(-c3ccc(F)cn3)cc(C(=O)O)n1CC2. The lowest BCUT2D eigenvalue weighted by Gasteiger charge is -2.23. The van der Waals surface area contributed by atoms with Gasteiger partial charge in [-0.2, -0.15) is 4.80 Å². The molecule has 31 heavy (non-hydrogen) atoms.